The Morgan fingerprint density at radius 1 is 1.33 bits per heavy atom. The predicted octanol–water partition coefficient (Wildman–Crippen LogP) is 2.92. The number of hydrogen-bond acceptors (Lipinski definition) is 2. The third-order valence-electron chi connectivity index (χ3n) is 1.62. The summed E-state index contributed by atoms with van der Waals surface area (Å²) >= 11 is 3.43. The lowest BCUT2D eigenvalue weighted by Gasteiger charge is -2.10. The van der Waals surface area contributed by atoms with E-state index in [9.17, 15) is 0 Å². The van der Waals surface area contributed by atoms with Gasteiger partial charge in [-0.15, -0.1) is 0 Å². The van der Waals surface area contributed by atoms with Crippen LogP contribution in [0.25, 0.3) is 0 Å². The third-order valence-corrected chi connectivity index (χ3v) is 2.11. The molecular formula is C9H13BrN2. The average molecular weight is 229 g/mol. The predicted molar refractivity (Wildman–Crippen MR) is 57.9 cm³/mol. The normalized spacial score (nSPS) is 9.58. The van der Waals surface area contributed by atoms with Crippen LogP contribution in [0.3, 0.4) is 0 Å². The highest BCUT2D eigenvalue weighted by molar-refractivity contribution is 9.10. The van der Waals surface area contributed by atoms with E-state index in [4.69, 9.17) is 0 Å². The van der Waals surface area contributed by atoms with Crippen molar-refractivity contribution in [2.24, 2.45) is 0 Å². The first-order chi connectivity index (χ1) is 5.77. The van der Waals surface area contributed by atoms with Gasteiger partial charge in [0, 0.05) is 18.1 Å². The molecule has 0 heterocycles. The van der Waals surface area contributed by atoms with Crippen LogP contribution in [0.2, 0.25) is 0 Å². The lowest BCUT2D eigenvalue weighted by Crippen LogP contribution is -2.00. The second kappa shape index (κ2) is 4.36. The molecule has 0 saturated heterocycles. The van der Waals surface area contributed by atoms with Gasteiger partial charge in [0.1, 0.15) is 0 Å². The molecule has 1 rings (SSSR count). The van der Waals surface area contributed by atoms with E-state index >= 15 is 0 Å². The quantitative estimate of drug-likeness (QED) is 0.832. The second-order valence-electron chi connectivity index (χ2n) is 2.47. The van der Waals surface area contributed by atoms with Crippen LogP contribution in [-0.4, -0.2) is 13.6 Å². The van der Waals surface area contributed by atoms with Crippen LogP contribution in [0.15, 0.2) is 22.7 Å². The van der Waals surface area contributed by atoms with Gasteiger partial charge < -0.3 is 10.6 Å². The van der Waals surface area contributed by atoms with Crippen molar-refractivity contribution in [1.82, 2.24) is 0 Å². The number of anilines is 2. The van der Waals surface area contributed by atoms with Gasteiger partial charge in [-0.25, -0.2) is 0 Å². The van der Waals surface area contributed by atoms with Gasteiger partial charge in [0.25, 0.3) is 0 Å². The molecule has 2 nitrogen and oxygen atoms in total. The van der Waals surface area contributed by atoms with Crippen molar-refractivity contribution in [1.29, 1.82) is 0 Å². The van der Waals surface area contributed by atoms with Crippen LogP contribution in [-0.2, 0) is 0 Å². The van der Waals surface area contributed by atoms with Crippen molar-refractivity contribution in [2.45, 2.75) is 6.92 Å². The van der Waals surface area contributed by atoms with E-state index in [0.29, 0.717) is 0 Å². The Morgan fingerprint density at radius 3 is 2.67 bits per heavy atom. The SMILES string of the molecule is CCNc1cc(Br)ccc1NC. The highest BCUT2D eigenvalue weighted by atomic mass is 79.9. The minimum atomic E-state index is 0.936. The summed E-state index contributed by atoms with van der Waals surface area (Å²) < 4.78 is 1.09. The zero-order chi connectivity index (χ0) is 8.97. The highest BCUT2D eigenvalue weighted by Gasteiger charge is 1.98. The number of rotatable bonds is 3. The first-order valence-electron chi connectivity index (χ1n) is 3.99. The molecule has 3 heteroatoms. The molecule has 1 aromatic rings. The maximum Gasteiger partial charge on any atom is 0.0587 e. The van der Waals surface area contributed by atoms with Crippen LogP contribution in [0.4, 0.5) is 11.4 Å². The summed E-state index contributed by atoms with van der Waals surface area (Å²) in [6.07, 6.45) is 0. The topological polar surface area (TPSA) is 24.1 Å². The molecule has 0 aliphatic heterocycles. The lowest BCUT2D eigenvalue weighted by molar-refractivity contribution is 1.21. The van der Waals surface area contributed by atoms with Crippen molar-refractivity contribution in [3.05, 3.63) is 22.7 Å². The van der Waals surface area contributed by atoms with Crippen molar-refractivity contribution < 1.29 is 0 Å². The largest absolute Gasteiger partial charge is 0.386 e. The molecule has 0 aromatic heterocycles. The molecule has 2 N–H and O–H groups in total. The molecule has 66 valence electrons. The minimum absolute atomic E-state index is 0.936. The fourth-order valence-electron chi connectivity index (χ4n) is 1.07. The lowest BCUT2D eigenvalue weighted by atomic mass is 10.2. The standard InChI is InChI=1S/C9H13BrN2/c1-3-12-9-6-7(10)4-5-8(9)11-2/h4-6,11-12H,3H2,1-2H3. The van der Waals surface area contributed by atoms with E-state index in [2.05, 4.69) is 39.6 Å². The fourth-order valence-corrected chi connectivity index (χ4v) is 1.43. The van der Waals surface area contributed by atoms with Gasteiger partial charge in [0.15, 0.2) is 0 Å². The Hall–Kier alpha value is -0.700. The Balaban J connectivity index is 2.95. The third kappa shape index (κ3) is 2.14. The van der Waals surface area contributed by atoms with Crippen molar-refractivity contribution in [3.63, 3.8) is 0 Å². The first kappa shape index (κ1) is 9.39. The zero-order valence-electron chi connectivity index (χ0n) is 7.32. The van der Waals surface area contributed by atoms with Crippen LogP contribution >= 0.6 is 15.9 Å². The van der Waals surface area contributed by atoms with Crippen LogP contribution < -0.4 is 10.6 Å². The molecular weight excluding hydrogens is 216 g/mol. The number of benzene rings is 1. The number of halogens is 1. The van der Waals surface area contributed by atoms with Gasteiger partial charge in [-0.2, -0.15) is 0 Å². The van der Waals surface area contributed by atoms with E-state index in [-0.39, 0.29) is 0 Å². The molecule has 0 radical (unpaired) electrons. The van der Waals surface area contributed by atoms with Crippen LogP contribution in [0, 0.1) is 0 Å². The summed E-state index contributed by atoms with van der Waals surface area (Å²) in [6, 6.07) is 6.13. The summed E-state index contributed by atoms with van der Waals surface area (Å²) in [6.45, 7) is 3.02. The van der Waals surface area contributed by atoms with Crippen LogP contribution in [0.5, 0.6) is 0 Å². The molecule has 0 bridgehead atoms. The molecule has 0 amide bonds. The summed E-state index contributed by atoms with van der Waals surface area (Å²) in [4.78, 5) is 0. The molecule has 0 spiro atoms. The van der Waals surface area contributed by atoms with E-state index in [1.165, 1.54) is 0 Å². The fraction of sp³-hybridized carbons (Fsp3) is 0.333. The Kier molecular flexibility index (Phi) is 3.41. The highest BCUT2D eigenvalue weighted by Crippen LogP contribution is 2.25. The van der Waals surface area contributed by atoms with Gasteiger partial charge in [0.2, 0.25) is 0 Å². The molecule has 0 saturated carbocycles. The monoisotopic (exact) mass is 228 g/mol. The van der Waals surface area contributed by atoms with Gasteiger partial charge in [-0.1, -0.05) is 15.9 Å². The van der Waals surface area contributed by atoms with Crippen molar-refractivity contribution in [2.75, 3.05) is 24.2 Å². The summed E-state index contributed by atoms with van der Waals surface area (Å²) in [5.74, 6) is 0. The Bertz CT molecular complexity index is 261. The molecule has 1 aromatic carbocycles. The number of hydrogen-bond donors (Lipinski definition) is 2. The van der Waals surface area contributed by atoms with Gasteiger partial charge >= 0.3 is 0 Å². The average Bonchev–Trinajstić information content (AvgIpc) is 2.05. The molecule has 0 aliphatic rings. The second-order valence-corrected chi connectivity index (χ2v) is 3.39. The van der Waals surface area contributed by atoms with Gasteiger partial charge in [-0.05, 0) is 25.1 Å². The Labute approximate surface area is 81.5 Å². The molecule has 0 fully saturated rings. The van der Waals surface area contributed by atoms with E-state index in [0.717, 1.165) is 22.4 Å². The van der Waals surface area contributed by atoms with Crippen LogP contribution in [0.1, 0.15) is 6.92 Å². The summed E-state index contributed by atoms with van der Waals surface area (Å²) in [7, 11) is 1.92. The Morgan fingerprint density at radius 2 is 2.08 bits per heavy atom. The van der Waals surface area contributed by atoms with Crippen molar-refractivity contribution >= 4 is 27.3 Å². The van der Waals surface area contributed by atoms with E-state index in [1.807, 2.05) is 19.2 Å². The van der Waals surface area contributed by atoms with E-state index in [1.54, 1.807) is 0 Å². The van der Waals surface area contributed by atoms with Gasteiger partial charge in [-0.3, -0.25) is 0 Å². The molecule has 0 atom stereocenters. The summed E-state index contributed by atoms with van der Waals surface area (Å²) in [5, 5.41) is 6.40. The molecule has 12 heavy (non-hydrogen) atoms. The zero-order valence-corrected chi connectivity index (χ0v) is 8.90. The van der Waals surface area contributed by atoms with Crippen molar-refractivity contribution in [3.8, 4) is 0 Å². The molecule has 0 unspecified atom stereocenters. The summed E-state index contributed by atoms with van der Waals surface area (Å²) in [5.41, 5.74) is 2.26. The van der Waals surface area contributed by atoms with E-state index < -0.39 is 0 Å². The van der Waals surface area contributed by atoms with Gasteiger partial charge in [0.05, 0.1) is 11.4 Å². The smallest absolute Gasteiger partial charge is 0.0587 e. The maximum absolute atomic E-state index is 3.43. The molecule has 0 aliphatic carbocycles. The maximum atomic E-state index is 3.43. The minimum Gasteiger partial charge on any atom is -0.386 e. The number of nitrogens with one attached hydrogen (secondary N) is 2. The first-order valence-corrected chi connectivity index (χ1v) is 4.78.